The Morgan fingerprint density at radius 2 is 2.13 bits per heavy atom. The summed E-state index contributed by atoms with van der Waals surface area (Å²) in [5.41, 5.74) is 5.50. The molecule has 2 aromatic heterocycles. The molecule has 0 amide bonds. The van der Waals surface area contributed by atoms with E-state index >= 15 is 0 Å². The summed E-state index contributed by atoms with van der Waals surface area (Å²) >= 11 is 0. The molecule has 1 aliphatic heterocycles. The van der Waals surface area contributed by atoms with Crippen LogP contribution in [0.5, 0.6) is 0 Å². The fraction of sp³-hybridized carbons (Fsp3) is 0.263. The summed E-state index contributed by atoms with van der Waals surface area (Å²) in [6, 6.07) is 8.58. The number of fused-ring (bicyclic) bond motifs is 4. The molecule has 0 saturated heterocycles. The molecule has 0 bridgehead atoms. The number of hydrogen-bond acceptors (Lipinski definition) is 2. The third-order valence-corrected chi connectivity index (χ3v) is 5.12. The summed E-state index contributed by atoms with van der Waals surface area (Å²) in [5.74, 6) is -0.222. The highest BCUT2D eigenvalue weighted by Gasteiger charge is 2.49. The van der Waals surface area contributed by atoms with Gasteiger partial charge in [-0.2, -0.15) is 0 Å². The first-order chi connectivity index (χ1) is 11.2. The molecule has 1 aromatic carbocycles. The number of benzene rings is 1. The molecule has 1 spiro atoms. The smallest absolute Gasteiger partial charge is 0.123 e. The predicted molar refractivity (Wildman–Crippen MR) is 88.5 cm³/mol. The van der Waals surface area contributed by atoms with E-state index in [0.29, 0.717) is 0 Å². The Hall–Kier alpha value is -2.49. The maximum absolute atomic E-state index is 13.7. The van der Waals surface area contributed by atoms with Crippen LogP contribution in [-0.4, -0.2) is 16.2 Å². The average Bonchev–Trinajstić information content (AvgIpc) is 3.18. The summed E-state index contributed by atoms with van der Waals surface area (Å²) in [6.45, 7) is 2.05. The van der Waals surface area contributed by atoms with Crippen LogP contribution in [0.2, 0.25) is 0 Å². The zero-order chi connectivity index (χ0) is 15.6. The van der Waals surface area contributed by atoms with Crippen LogP contribution in [0.4, 0.5) is 4.39 Å². The number of pyridine rings is 1. The number of aliphatic imine (C=N–C) groups is 1. The van der Waals surface area contributed by atoms with E-state index in [1.165, 1.54) is 17.0 Å². The van der Waals surface area contributed by atoms with Gasteiger partial charge in [-0.1, -0.05) is 12.1 Å². The molecule has 4 heteroatoms. The highest BCUT2D eigenvalue weighted by Crippen LogP contribution is 2.55. The van der Waals surface area contributed by atoms with E-state index in [2.05, 4.69) is 23.1 Å². The van der Waals surface area contributed by atoms with Gasteiger partial charge in [0, 0.05) is 40.1 Å². The second-order valence-corrected chi connectivity index (χ2v) is 6.62. The first kappa shape index (κ1) is 13.0. The summed E-state index contributed by atoms with van der Waals surface area (Å²) in [5, 5.41) is 1.22. The highest BCUT2D eigenvalue weighted by molar-refractivity contribution is 5.95. The molecule has 1 unspecified atom stereocenters. The lowest BCUT2D eigenvalue weighted by atomic mass is 9.87. The van der Waals surface area contributed by atoms with Gasteiger partial charge in [0.05, 0.1) is 0 Å². The van der Waals surface area contributed by atoms with Gasteiger partial charge in [-0.25, -0.2) is 4.39 Å². The lowest BCUT2D eigenvalue weighted by molar-refractivity contribution is 0.622. The molecule has 1 N–H and O–H groups in total. The quantitative estimate of drug-likeness (QED) is 0.718. The number of hydrogen-bond donors (Lipinski definition) is 1. The molecule has 3 heterocycles. The van der Waals surface area contributed by atoms with Gasteiger partial charge in [-0.05, 0) is 49.1 Å². The molecule has 1 atom stereocenters. The molecule has 3 aromatic rings. The molecule has 2 aliphatic rings. The van der Waals surface area contributed by atoms with Crippen molar-refractivity contribution in [2.45, 2.75) is 31.2 Å². The number of nitrogens with one attached hydrogen (secondary N) is 1. The van der Waals surface area contributed by atoms with Crippen molar-refractivity contribution < 1.29 is 4.39 Å². The maximum atomic E-state index is 13.7. The molecule has 0 radical (unpaired) electrons. The van der Waals surface area contributed by atoms with E-state index in [0.717, 1.165) is 35.3 Å². The number of nitrogens with zero attached hydrogens (tertiary/aromatic N) is 2. The molecule has 5 rings (SSSR count). The van der Waals surface area contributed by atoms with Crippen molar-refractivity contribution in [3.63, 3.8) is 0 Å². The van der Waals surface area contributed by atoms with E-state index in [9.17, 15) is 4.39 Å². The first-order valence-corrected chi connectivity index (χ1v) is 7.95. The molecule has 3 nitrogen and oxygen atoms in total. The van der Waals surface area contributed by atoms with Crippen molar-refractivity contribution in [3.05, 3.63) is 64.9 Å². The second-order valence-electron chi connectivity index (χ2n) is 6.62. The topological polar surface area (TPSA) is 41.0 Å². The minimum atomic E-state index is -0.222. The van der Waals surface area contributed by atoms with Gasteiger partial charge in [0.15, 0.2) is 0 Å². The largest absolute Gasteiger partial charge is 0.356 e. The van der Waals surface area contributed by atoms with E-state index in [4.69, 9.17) is 4.99 Å². The van der Waals surface area contributed by atoms with Crippen LogP contribution in [0.15, 0.2) is 41.5 Å². The summed E-state index contributed by atoms with van der Waals surface area (Å²) in [4.78, 5) is 12.8. The minimum Gasteiger partial charge on any atom is -0.356 e. The molecule has 1 aliphatic carbocycles. The highest BCUT2D eigenvalue weighted by atomic mass is 19.1. The van der Waals surface area contributed by atoms with Gasteiger partial charge in [0.1, 0.15) is 11.9 Å². The Morgan fingerprint density at radius 1 is 1.26 bits per heavy atom. The van der Waals surface area contributed by atoms with Crippen molar-refractivity contribution in [2.75, 3.05) is 0 Å². The van der Waals surface area contributed by atoms with Gasteiger partial charge in [0.2, 0.25) is 0 Å². The second kappa shape index (κ2) is 4.28. The van der Waals surface area contributed by atoms with Crippen molar-refractivity contribution in [1.82, 2.24) is 9.97 Å². The number of aromatic nitrogens is 2. The van der Waals surface area contributed by atoms with Crippen LogP contribution < -0.4 is 0 Å². The van der Waals surface area contributed by atoms with Gasteiger partial charge in [0.25, 0.3) is 0 Å². The lowest BCUT2D eigenvalue weighted by Crippen LogP contribution is -2.19. The van der Waals surface area contributed by atoms with Crippen LogP contribution in [0, 0.1) is 12.7 Å². The Balaban J connectivity index is 1.80. The van der Waals surface area contributed by atoms with Gasteiger partial charge in [-0.3, -0.25) is 9.98 Å². The molecule has 1 saturated carbocycles. The zero-order valence-corrected chi connectivity index (χ0v) is 12.8. The first-order valence-electron chi connectivity index (χ1n) is 7.95. The fourth-order valence-corrected chi connectivity index (χ4v) is 3.85. The van der Waals surface area contributed by atoms with Crippen LogP contribution in [-0.2, 0) is 5.41 Å². The van der Waals surface area contributed by atoms with Gasteiger partial charge in [-0.15, -0.1) is 0 Å². The summed E-state index contributed by atoms with van der Waals surface area (Å²) in [6.07, 6.45) is 6.17. The Labute approximate surface area is 133 Å². The van der Waals surface area contributed by atoms with E-state index < -0.39 is 0 Å². The lowest BCUT2D eigenvalue weighted by Gasteiger charge is -2.23. The summed E-state index contributed by atoms with van der Waals surface area (Å²) in [7, 11) is 0. The Morgan fingerprint density at radius 3 is 2.91 bits per heavy atom. The van der Waals surface area contributed by atoms with Gasteiger partial charge >= 0.3 is 0 Å². The molecule has 23 heavy (non-hydrogen) atoms. The summed E-state index contributed by atoms with van der Waals surface area (Å²) < 4.78 is 13.7. The van der Waals surface area contributed by atoms with Crippen molar-refractivity contribution >= 4 is 17.1 Å². The van der Waals surface area contributed by atoms with E-state index in [-0.39, 0.29) is 17.3 Å². The van der Waals surface area contributed by atoms with Crippen molar-refractivity contribution in [2.24, 2.45) is 4.99 Å². The predicted octanol–water partition coefficient (Wildman–Crippen LogP) is 4.22. The number of halogens is 1. The third kappa shape index (κ3) is 1.75. The molecule has 114 valence electrons. The fourth-order valence-electron chi connectivity index (χ4n) is 3.85. The van der Waals surface area contributed by atoms with E-state index in [1.54, 1.807) is 12.1 Å². The standard InChI is InChI=1S/C19H16FN3/c1-11-15-14(5-8-21-11)23-18-16(15)19(6-7-19)10-22-17(18)12-3-2-4-13(20)9-12/h2-5,8-10,17,23H,6-7H2,1H3. The number of aromatic amines is 1. The van der Waals surface area contributed by atoms with Crippen LogP contribution in [0.25, 0.3) is 10.9 Å². The Bertz CT molecular complexity index is 966. The molecular weight excluding hydrogens is 289 g/mol. The Kier molecular flexibility index (Phi) is 2.42. The van der Waals surface area contributed by atoms with Crippen molar-refractivity contribution in [1.29, 1.82) is 0 Å². The molecular formula is C19H16FN3. The SMILES string of the molecule is Cc1nccc2[nH]c3c(c12)C1(C=NC3c2cccc(F)c2)CC1. The monoisotopic (exact) mass is 305 g/mol. The van der Waals surface area contributed by atoms with Crippen molar-refractivity contribution in [3.8, 4) is 0 Å². The molecule has 1 fully saturated rings. The van der Waals surface area contributed by atoms with Crippen LogP contribution >= 0.6 is 0 Å². The van der Waals surface area contributed by atoms with E-state index in [1.807, 2.05) is 18.3 Å². The maximum Gasteiger partial charge on any atom is 0.123 e. The average molecular weight is 305 g/mol. The third-order valence-electron chi connectivity index (χ3n) is 5.12. The van der Waals surface area contributed by atoms with Gasteiger partial charge < -0.3 is 4.98 Å². The normalized spacial score (nSPS) is 20.9. The minimum absolute atomic E-state index is 0.0607. The van der Waals surface area contributed by atoms with Crippen LogP contribution in [0.1, 0.15) is 41.4 Å². The number of aryl methyl sites for hydroxylation is 1. The number of H-pyrrole nitrogens is 1. The van der Waals surface area contributed by atoms with Crippen LogP contribution in [0.3, 0.4) is 0 Å². The number of rotatable bonds is 1. The zero-order valence-electron chi connectivity index (χ0n) is 12.8.